The van der Waals surface area contributed by atoms with E-state index in [1.54, 1.807) is 12.1 Å². The lowest BCUT2D eigenvalue weighted by Crippen LogP contribution is -2.12. The van der Waals surface area contributed by atoms with Gasteiger partial charge in [-0.05, 0) is 19.1 Å². The van der Waals surface area contributed by atoms with Crippen LogP contribution in [-0.2, 0) is 0 Å². The Kier molecular flexibility index (Phi) is 2.32. The molecule has 2 rings (SSSR count). The number of amides is 1. The number of aromatic nitrogens is 2. The minimum absolute atomic E-state index is 0.157. The maximum Gasteiger partial charge on any atom is 0.290 e. The van der Waals surface area contributed by atoms with Crippen LogP contribution in [0.1, 0.15) is 16.2 Å². The predicted octanol–water partition coefficient (Wildman–Crippen LogP) is 0.726. The van der Waals surface area contributed by atoms with Crippen LogP contribution in [-0.4, -0.2) is 16.0 Å². The Balaban J connectivity index is 2.50. The van der Waals surface area contributed by atoms with Gasteiger partial charge in [0.1, 0.15) is 0 Å². The third-order valence-corrected chi connectivity index (χ3v) is 2.09. The summed E-state index contributed by atoms with van der Waals surface area (Å²) < 4.78 is 4.91. The number of rotatable bonds is 2. The first-order valence-electron chi connectivity index (χ1n) is 4.58. The molecular weight excluding hydrogens is 208 g/mol. The second-order valence-corrected chi connectivity index (χ2v) is 3.38. The van der Waals surface area contributed by atoms with Crippen molar-refractivity contribution in [2.75, 3.05) is 5.73 Å². The Bertz CT molecular complexity index is 548. The number of nitrogens with zero attached hydrogens (tertiary/aromatic N) is 2. The van der Waals surface area contributed by atoms with Crippen LogP contribution < -0.4 is 11.5 Å². The standard InChI is InChI=1S/C10H10N4O2/c1-5-2-3-7(11)6(4-5)10-13-9(8(12)15)14-16-10/h2-4H,11H2,1H3,(H2,12,15). The fraction of sp³-hybridized carbons (Fsp3) is 0.100. The summed E-state index contributed by atoms with van der Waals surface area (Å²) in [6.45, 7) is 1.91. The summed E-state index contributed by atoms with van der Waals surface area (Å²) in [5, 5.41) is 3.45. The summed E-state index contributed by atoms with van der Waals surface area (Å²) in [5.74, 6) is -0.702. The Hall–Kier alpha value is -2.37. The third kappa shape index (κ3) is 1.72. The maximum absolute atomic E-state index is 10.8. The van der Waals surface area contributed by atoms with Crippen molar-refractivity contribution < 1.29 is 9.32 Å². The molecule has 0 atom stereocenters. The molecule has 1 heterocycles. The highest BCUT2D eigenvalue weighted by atomic mass is 16.5. The number of carbonyl (C=O) groups excluding carboxylic acids is 1. The van der Waals surface area contributed by atoms with Crippen LogP contribution in [0.5, 0.6) is 0 Å². The molecule has 0 radical (unpaired) electrons. The summed E-state index contributed by atoms with van der Waals surface area (Å²) in [6.07, 6.45) is 0. The highest BCUT2D eigenvalue weighted by Gasteiger charge is 2.14. The quantitative estimate of drug-likeness (QED) is 0.722. The number of nitrogen functional groups attached to an aromatic ring is 1. The normalized spacial score (nSPS) is 10.3. The van der Waals surface area contributed by atoms with Crippen molar-refractivity contribution in [2.24, 2.45) is 5.73 Å². The summed E-state index contributed by atoms with van der Waals surface area (Å²) >= 11 is 0. The average Bonchev–Trinajstić information content (AvgIpc) is 2.70. The largest absolute Gasteiger partial charge is 0.398 e. The smallest absolute Gasteiger partial charge is 0.290 e. The van der Waals surface area contributed by atoms with Gasteiger partial charge >= 0.3 is 0 Å². The number of anilines is 1. The van der Waals surface area contributed by atoms with Crippen molar-refractivity contribution in [1.29, 1.82) is 0 Å². The molecule has 4 N–H and O–H groups in total. The van der Waals surface area contributed by atoms with Crippen LogP contribution in [0, 0.1) is 6.92 Å². The number of primary amides is 1. The molecule has 0 aliphatic rings. The second-order valence-electron chi connectivity index (χ2n) is 3.38. The zero-order valence-electron chi connectivity index (χ0n) is 8.60. The number of hydrogen-bond acceptors (Lipinski definition) is 5. The van der Waals surface area contributed by atoms with E-state index in [-0.39, 0.29) is 11.7 Å². The van der Waals surface area contributed by atoms with Gasteiger partial charge in [0.15, 0.2) is 0 Å². The molecule has 82 valence electrons. The summed E-state index contributed by atoms with van der Waals surface area (Å²) in [7, 11) is 0. The monoisotopic (exact) mass is 218 g/mol. The van der Waals surface area contributed by atoms with Gasteiger partial charge in [0.25, 0.3) is 17.6 Å². The molecule has 16 heavy (non-hydrogen) atoms. The molecule has 0 saturated heterocycles. The van der Waals surface area contributed by atoms with Crippen LogP contribution in [0.25, 0.3) is 11.5 Å². The first-order valence-corrected chi connectivity index (χ1v) is 4.58. The van der Waals surface area contributed by atoms with Crippen molar-refractivity contribution in [3.63, 3.8) is 0 Å². The molecule has 0 spiro atoms. The van der Waals surface area contributed by atoms with Crippen molar-refractivity contribution in [3.05, 3.63) is 29.6 Å². The predicted molar refractivity (Wildman–Crippen MR) is 57.4 cm³/mol. The van der Waals surface area contributed by atoms with Crippen molar-refractivity contribution in [2.45, 2.75) is 6.92 Å². The van der Waals surface area contributed by atoms with Crippen molar-refractivity contribution in [1.82, 2.24) is 10.1 Å². The zero-order valence-corrected chi connectivity index (χ0v) is 8.60. The molecule has 1 aromatic carbocycles. The number of aryl methyl sites for hydroxylation is 1. The molecule has 0 bridgehead atoms. The van der Waals surface area contributed by atoms with Crippen LogP contribution in [0.15, 0.2) is 22.7 Å². The molecule has 1 aromatic heterocycles. The summed E-state index contributed by atoms with van der Waals surface area (Å²) in [5.41, 5.74) is 12.9. The van der Waals surface area contributed by atoms with Crippen molar-refractivity contribution >= 4 is 11.6 Å². The topological polar surface area (TPSA) is 108 Å². The molecule has 0 aliphatic carbocycles. The van der Waals surface area contributed by atoms with Gasteiger partial charge in [0.05, 0.1) is 5.56 Å². The maximum atomic E-state index is 10.8. The lowest BCUT2D eigenvalue weighted by molar-refractivity contribution is 0.0987. The fourth-order valence-corrected chi connectivity index (χ4v) is 1.29. The molecule has 6 nitrogen and oxygen atoms in total. The minimum Gasteiger partial charge on any atom is -0.398 e. The van der Waals surface area contributed by atoms with Crippen LogP contribution in [0.3, 0.4) is 0 Å². The van der Waals surface area contributed by atoms with E-state index in [0.717, 1.165) is 5.56 Å². The van der Waals surface area contributed by atoms with E-state index >= 15 is 0 Å². The molecule has 1 amide bonds. The Morgan fingerprint density at radius 3 is 2.81 bits per heavy atom. The van der Waals surface area contributed by atoms with E-state index in [2.05, 4.69) is 10.1 Å². The van der Waals surface area contributed by atoms with Gasteiger partial charge in [0, 0.05) is 5.69 Å². The van der Waals surface area contributed by atoms with Gasteiger partial charge < -0.3 is 16.0 Å². The lowest BCUT2D eigenvalue weighted by atomic mass is 10.1. The summed E-state index contributed by atoms with van der Waals surface area (Å²) in [6, 6.07) is 5.40. The van der Waals surface area contributed by atoms with E-state index in [9.17, 15) is 4.79 Å². The van der Waals surface area contributed by atoms with Crippen LogP contribution in [0.2, 0.25) is 0 Å². The number of carbonyl (C=O) groups is 1. The molecule has 2 aromatic rings. The molecule has 0 fully saturated rings. The second kappa shape index (κ2) is 3.65. The van der Waals surface area contributed by atoms with Gasteiger partial charge in [-0.25, -0.2) is 0 Å². The lowest BCUT2D eigenvalue weighted by Gasteiger charge is -2.00. The third-order valence-electron chi connectivity index (χ3n) is 2.09. The van der Waals surface area contributed by atoms with E-state index in [1.165, 1.54) is 0 Å². The first-order chi connectivity index (χ1) is 7.58. The van der Waals surface area contributed by atoms with Crippen LogP contribution >= 0.6 is 0 Å². The highest BCUT2D eigenvalue weighted by Crippen LogP contribution is 2.25. The molecular formula is C10H10N4O2. The van der Waals surface area contributed by atoms with Gasteiger partial charge in [0.2, 0.25) is 0 Å². The number of nitrogens with two attached hydrogens (primary N) is 2. The minimum atomic E-state index is -0.735. The zero-order chi connectivity index (χ0) is 11.7. The van der Waals surface area contributed by atoms with Gasteiger partial charge in [-0.1, -0.05) is 16.8 Å². The van der Waals surface area contributed by atoms with E-state index in [4.69, 9.17) is 16.0 Å². The molecule has 0 aliphatic heterocycles. The first kappa shape index (κ1) is 10.2. The Morgan fingerprint density at radius 2 is 2.19 bits per heavy atom. The highest BCUT2D eigenvalue weighted by molar-refractivity contribution is 5.89. The van der Waals surface area contributed by atoms with Gasteiger partial charge in [-0.15, -0.1) is 0 Å². The Labute approximate surface area is 91.2 Å². The fourth-order valence-electron chi connectivity index (χ4n) is 1.29. The molecule has 0 saturated carbocycles. The number of hydrogen-bond donors (Lipinski definition) is 2. The Morgan fingerprint density at radius 1 is 1.44 bits per heavy atom. The van der Waals surface area contributed by atoms with Crippen LogP contribution in [0.4, 0.5) is 5.69 Å². The van der Waals surface area contributed by atoms with E-state index < -0.39 is 5.91 Å². The summed E-state index contributed by atoms with van der Waals surface area (Å²) in [4.78, 5) is 14.7. The molecule has 6 heteroatoms. The van der Waals surface area contributed by atoms with Gasteiger partial charge in [-0.2, -0.15) is 4.98 Å². The van der Waals surface area contributed by atoms with E-state index in [0.29, 0.717) is 11.3 Å². The van der Waals surface area contributed by atoms with Crippen molar-refractivity contribution in [3.8, 4) is 11.5 Å². The number of benzene rings is 1. The average molecular weight is 218 g/mol. The SMILES string of the molecule is Cc1ccc(N)c(-c2nc(C(N)=O)no2)c1. The van der Waals surface area contributed by atoms with E-state index in [1.807, 2.05) is 13.0 Å². The molecule has 0 unspecified atom stereocenters. The van der Waals surface area contributed by atoms with Gasteiger partial charge in [-0.3, -0.25) is 4.79 Å².